The van der Waals surface area contributed by atoms with Crippen molar-refractivity contribution in [2.45, 2.75) is 24.0 Å². The number of nitrogens with one attached hydrogen (secondary N) is 2. The molecule has 2 aromatic rings. The Balaban J connectivity index is 2.40. The maximum atomic E-state index is 13.2. The third-order valence-corrected chi connectivity index (χ3v) is 7.12. The number of rotatable bonds is 5. The second-order valence-electron chi connectivity index (χ2n) is 5.61. The van der Waals surface area contributed by atoms with E-state index < -0.39 is 26.9 Å². The van der Waals surface area contributed by atoms with E-state index in [1.165, 1.54) is 18.4 Å². The fourth-order valence-electron chi connectivity index (χ4n) is 2.38. The largest absolute Gasteiger partial charge is 0.351 e. The van der Waals surface area contributed by atoms with Crippen LogP contribution >= 0.6 is 11.3 Å². The van der Waals surface area contributed by atoms with Crippen LogP contribution in [0.15, 0.2) is 40.6 Å². The van der Waals surface area contributed by atoms with Gasteiger partial charge in [0.2, 0.25) is 0 Å². The highest BCUT2D eigenvalue weighted by molar-refractivity contribution is 7.92. The van der Waals surface area contributed by atoms with Gasteiger partial charge in [0.05, 0.1) is 4.90 Å². The Bertz CT molecular complexity index is 874. The first kappa shape index (κ1) is 19.1. The first-order valence-corrected chi connectivity index (χ1v) is 10.0. The lowest BCUT2D eigenvalue weighted by molar-refractivity contribution is -0.138. The monoisotopic (exact) mass is 380 g/mol. The Morgan fingerprint density at radius 2 is 1.88 bits per heavy atom. The Morgan fingerprint density at radius 3 is 2.48 bits per heavy atom. The third-order valence-electron chi connectivity index (χ3n) is 3.77. The van der Waals surface area contributed by atoms with Crippen molar-refractivity contribution in [1.29, 1.82) is 0 Å². The minimum absolute atomic E-state index is 0.178. The molecule has 0 spiro atoms. The van der Waals surface area contributed by atoms with Gasteiger partial charge in [0, 0.05) is 18.5 Å². The first-order valence-electron chi connectivity index (χ1n) is 7.62. The van der Waals surface area contributed by atoms with Gasteiger partial charge < -0.3 is 10.6 Å². The van der Waals surface area contributed by atoms with Crippen molar-refractivity contribution < 1.29 is 18.0 Å². The number of likely N-dealkylation sites (N-methyl/N-ethyl adjacent to an activating group) is 1. The predicted molar refractivity (Wildman–Crippen MR) is 97.2 cm³/mol. The summed E-state index contributed by atoms with van der Waals surface area (Å²) in [6.45, 7) is 3.38. The van der Waals surface area contributed by atoms with Crippen LogP contribution in [0.1, 0.15) is 21.3 Å². The number of amides is 2. The smallest absolute Gasteiger partial charge is 0.309 e. The average Bonchev–Trinajstić information content (AvgIpc) is 3.10. The molecule has 8 heteroatoms. The van der Waals surface area contributed by atoms with Crippen molar-refractivity contribution in [3.05, 3.63) is 51.7 Å². The molecule has 0 aliphatic heterocycles. The van der Waals surface area contributed by atoms with Crippen LogP contribution in [-0.4, -0.2) is 33.8 Å². The molecule has 1 atom stereocenters. The Kier molecular flexibility index (Phi) is 5.97. The van der Waals surface area contributed by atoms with Crippen LogP contribution in [0.3, 0.4) is 0 Å². The van der Waals surface area contributed by atoms with Gasteiger partial charge in [-0.3, -0.25) is 9.59 Å². The van der Waals surface area contributed by atoms with E-state index in [1.54, 1.807) is 36.6 Å². The minimum atomic E-state index is -3.74. The van der Waals surface area contributed by atoms with E-state index in [-0.39, 0.29) is 11.4 Å². The molecule has 0 saturated heterocycles. The standard InChI is InChI=1S/C17H20N2O4S2/c1-11-6-7-12(2)14(9-11)25(22,23)15(13-5-4-8-24-13)10-19-17(21)16(20)18-3/h4-9,15H,10H2,1-3H3,(H,18,20)(H,19,21)/t15-/m0/s1. The third kappa shape index (κ3) is 4.26. The van der Waals surface area contributed by atoms with E-state index in [0.717, 1.165) is 5.56 Å². The van der Waals surface area contributed by atoms with Crippen LogP contribution in [0, 0.1) is 13.8 Å². The molecule has 1 aromatic carbocycles. The molecule has 1 aromatic heterocycles. The molecule has 2 rings (SSSR count). The zero-order chi connectivity index (χ0) is 18.6. The van der Waals surface area contributed by atoms with Crippen molar-refractivity contribution >= 4 is 33.0 Å². The SMILES string of the molecule is CNC(=O)C(=O)NC[C@@H](c1cccs1)S(=O)(=O)c1cc(C)ccc1C. The van der Waals surface area contributed by atoms with Crippen LogP contribution in [0.5, 0.6) is 0 Å². The highest BCUT2D eigenvalue weighted by Crippen LogP contribution is 2.33. The Labute approximate surface area is 151 Å². The van der Waals surface area contributed by atoms with Crippen molar-refractivity contribution in [2.24, 2.45) is 0 Å². The zero-order valence-corrected chi connectivity index (χ0v) is 15.8. The van der Waals surface area contributed by atoms with Gasteiger partial charge in [0.15, 0.2) is 9.84 Å². The second kappa shape index (κ2) is 7.79. The van der Waals surface area contributed by atoms with Gasteiger partial charge in [-0.15, -0.1) is 11.3 Å². The predicted octanol–water partition coefficient (Wildman–Crippen LogP) is 1.74. The quantitative estimate of drug-likeness (QED) is 0.773. The summed E-state index contributed by atoms with van der Waals surface area (Å²) in [5.74, 6) is -1.67. The molecule has 0 unspecified atom stereocenters. The number of sulfone groups is 1. The Hall–Kier alpha value is -2.19. The van der Waals surface area contributed by atoms with Crippen molar-refractivity contribution in [3.8, 4) is 0 Å². The van der Waals surface area contributed by atoms with Crippen LogP contribution in [-0.2, 0) is 19.4 Å². The molecule has 25 heavy (non-hydrogen) atoms. The molecule has 2 N–H and O–H groups in total. The van der Waals surface area contributed by atoms with Crippen LogP contribution in [0.25, 0.3) is 0 Å². The fourth-order valence-corrected chi connectivity index (χ4v) is 5.50. The number of carbonyl (C=O) groups excluding carboxylic acids is 2. The maximum absolute atomic E-state index is 13.2. The molecular weight excluding hydrogens is 360 g/mol. The molecule has 0 radical (unpaired) electrons. The fraction of sp³-hybridized carbons (Fsp3) is 0.294. The normalized spacial score (nSPS) is 12.4. The van der Waals surface area contributed by atoms with Crippen LogP contribution in [0.4, 0.5) is 0 Å². The van der Waals surface area contributed by atoms with Gasteiger partial charge in [0.25, 0.3) is 0 Å². The maximum Gasteiger partial charge on any atom is 0.309 e. The molecule has 0 bridgehead atoms. The van der Waals surface area contributed by atoms with Gasteiger partial charge in [-0.2, -0.15) is 0 Å². The molecule has 0 fully saturated rings. The lowest BCUT2D eigenvalue weighted by Gasteiger charge is -2.19. The van der Waals surface area contributed by atoms with Crippen LogP contribution < -0.4 is 10.6 Å². The summed E-state index contributed by atoms with van der Waals surface area (Å²) >= 11 is 1.30. The molecule has 0 aliphatic carbocycles. The number of hydrogen-bond donors (Lipinski definition) is 2. The summed E-state index contributed by atoms with van der Waals surface area (Å²) in [5, 5.41) is 5.44. The first-order chi connectivity index (χ1) is 11.8. The van der Waals surface area contributed by atoms with E-state index in [2.05, 4.69) is 10.6 Å². The number of benzene rings is 1. The summed E-state index contributed by atoms with van der Waals surface area (Å²) in [7, 11) is -2.40. The van der Waals surface area contributed by atoms with Crippen molar-refractivity contribution in [2.75, 3.05) is 13.6 Å². The molecular formula is C17H20N2O4S2. The lowest BCUT2D eigenvalue weighted by Crippen LogP contribution is -2.40. The summed E-state index contributed by atoms with van der Waals surface area (Å²) in [6, 6.07) is 8.71. The molecule has 0 saturated carbocycles. The summed E-state index contributed by atoms with van der Waals surface area (Å²) < 4.78 is 26.4. The summed E-state index contributed by atoms with van der Waals surface area (Å²) in [6.07, 6.45) is 0. The van der Waals surface area contributed by atoms with Crippen molar-refractivity contribution in [3.63, 3.8) is 0 Å². The molecule has 0 aliphatic rings. The van der Waals surface area contributed by atoms with Gasteiger partial charge in [-0.25, -0.2) is 8.42 Å². The van der Waals surface area contributed by atoms with E-state index >= 15 is 0 Å². The van der Waals surface area contributed by atoms with Crippen molar-refractivity contribution in [1.82, 2.24) is 10.6 Å². The molecule has 1 heterocycles. The molecule has 6 nitrogen and oxygen atoms in total. The Morgan fingerprint density at radius 1 is 1.16 bits per heavy atom. The lowest BCUT2D eigenvalue weighted by atomic mass is 10.2. The number of carbonyl (C=O) groups is 2. The highest BCUT2D eigenvalue weighted by Gasteiger charge is 2.32. The number of aryl methyl sites for hydroxylation is 2. The molecule has 134 valence electrons. The van der Waals surface area contributed by atoms with Gasteiger partial charge >= 0.3 is 11.8 Å². The van der Waals surface area contributed by atoms with Gasteiger partial charge in [-0.1, -0.05) is 18.2 Å². The minimum Gasteiger partial charge on any atom is -0.351 e. The average molecular weight is 380 g/mol. The summed E-state index contributed by atoms with van der Waals surface area (Å²) in [4.78, 5) is 23.9. The summed E-state index contributed by atoms with van der Waals surface area (Å²) in [5.41, 5.74) is 1.48. The second-order valence-corrected chi connectivity index (χ2v) is 8.69. The van der Waals surface area contributed by atoms with E-state index in [1.807, 2.05) is 13.0 Å². The van der Waals surface area contributed by atoms with Gasteiger partial charge in [0.1, 0.15) is 5.25 Å². The zero-order valence-electron chi connectivity index (χ0n) is 14.2. The topological polar surface area (TPSA) is 92.3 Å². The molecule has 2 amide bonds. The van der Waals surface area contributed by atoms with E-state index in [9.17, 15) is 18.0 Å². The van der Waals surface area contributed by atoms with Crippen LogP contribution in [0.2, 0.25) is 0 Å². The van der Waals surface area contributed by atoms with E-state index in [0.29, 0.717) is 10.4 Å². The number of thiophene rings is 1. The van der Waals surface area contributed by atoms with E-state index in [4.69, 9.17) is 0 Å². The highest BCUT2D eigenvalue weighted by atomic mass is 32.2. The number of hydrogen-bond acceptors (Lipinski definition) is 5. The van der Waals surface area contributed by atoms with Gasteiger partial charge in [-0.05, 0) is 42.5 Å².